The molecule has 0 atom stereocenters. The summed E-state index contributed by atoms with van der Waals surface area (Å²) in [6.45, 7) is 0. The molecule has 2 heterocycles. The highest BCUT2D eigenvalue weighted by Crippen LogP contribution is 2.35. The predicted molar refractivity (Wildman–Crippen MR) is 132 cm³/mol. The van der Waals surface area contributed by atoms with Crippen molar-refractivity contribution in [3.05, 3.63) is 95.3 Å². The zero-order valence-electron chi connectivity index (χ0n) is 17.5. The van der Waals surface area contributed by atoms with Gasteiger partial charge in [0.25, 0.3) is 0 Å². The van der Waals surface area contributed by atoms with Gasteiger partial charge < -0.3 is 10.6 Å². The molecule has 0 saturated carbocycles. The van der Waals surface area contributed by atoms with Crippen LogP contribution in [0.2, 0.25) is 0 Å². The molecule has 2 aromatic heterocycles. The molecule has 3 aromatic carbocycles. The van der Waals surface area contributed by atoms with E-state index in [1.807, 2.05) is 54.6 Å². The Labute approximate surface area is 197 Å². The molecule has 0 unspecified atom stereocenters. The molecule has 0 bridgehead atoms. The van der Waals surface area contributed by atoms with Crippen LogP contribution in [0.1, 0.15) is 0 Å². The maximum atomic E-state index is 11.9. The summed E-state index contributed by atoms with van der Waals surface area (Å²) in [7, 11) is 0. The van der Waals surface area contributed by atoms with Gasteiger partial charge in [-0.05, 0) is 48.5 Å². The lowest BCUT2D eigenvalue weighted by atomic mass is 10.3. The van der Waals surface area contributed by atoms with E-state index in [-0.39, 0.29) is 17.3 Å². The second kappa shape index (κ2) is 9.38. The van der Waals surface area contributed by atoms with E-state index in [9.17, 15) is 10.1 Å². The number of fused-ring (bicyclic) bond motifs is 1. The molecule has 10 nitrogen and oxygen atoms in total. The van der Waals surface area contributed by atoms with Gasteiger partial charge in [0.05, 0.1) is 26.5 Å². The molecule has 0 radical (unpaired) electrons. The number of benzene rings is 3. The fraction of sp³-hybridized carbons (Fsp3) is 0. The molecular weight excluding hydrogens is 452 g/mol. The summed E-state index contributed by atoms with van der Waals surface area (Å²) in [6, 6.07) is 24.0. The van der Waals surface area contributed by atoms with Crippen molar-refractivity contribution < 1.29 is 4.92 Å². The van der Waals surface area contributed by atoms with E-state index in [1.54, 1.807) is 24.3 Å². The van der Waals surface area contributed by atoms with E-state index in [0.717, 1.165) is 15.9 Å². The third-order valence-electron chi connectivity index (χ3n) is 4.69. The van der Waals surface area contributed by atoms with Crippen LogP contribution in [0, 0.1) is 10.1 Å². The standard InChI is InChI=1S/C23H16N8O2S/c32-31(33)20-21(24-14-25-22(20)28-23-27-18-8-4-5-9-19(18)34-23)26-15-10-12-17(13-11-15)30-29-16-6-2-1-3-7-16/h1-14H,(H2,24,25,26,27,28). The minimum atomic E-state index is -0.527. The summed E-state index contributed by atoms with van der Waals surface area (Å²) >= 11 is 1.38. The first-order chi connectivity index (χ1) is 16.7. The van der Waals surface area contributed by atoms with E-state index in [4.69, 9.17) is 0 Å². The molecule has 34 heavy (non-hydrogen) atoms. The molecule has 5 rings (SSSR count). The Bertz CT molecular complexity index is 1450. The number of nitrogens with zero attached hydrogens (tertiary/aromatic N) is 6. The van der Waals surface area contributed by atoms with Crippen molar-refractivity contribution in [3.63, 3.8) is 0 Å². The number of hydrogen-bond donors (Lipinski definition) is 2. The number of hydrogen-bond acceptors (Lipinski definition) is 10. The van der Waals surface area contributed by atoms with E-state index < -0.39 is 4.92 Å². The normalized spacial score (nSPS) is 11.1. The number of aromatic nitrogens is 3. The number of anilines is 4. The Hall–Kier alpha value is -4.77. The molecule has 0 aliphatic rings. The van der Waals surface area contributed by atoms with Gasteiger partial charge in [0.2, 0.25) is 11.6 Å². The first-order valence-corrected chi connectivity index (χ1v) is 10.9. The fourth-order valence-electron chi connectivity index (χ4n) is 3.12. The van der Waals surface area contributed by atoms with Crippen molar-refractivity contribution in [2.24, 2.45) is 10.2 Å². The lowest BCUT2D eigenvalue weighted by Gasteiger charge is -2.09. The minimum absolute atomic E-state index is 0.0508. The summed E-state index contributed by atoms with van der Waals surface area (Å²) in [4.78, 5) is 23.9. The number of para-hydroxylation sites is 1. The summed E-state index contributed by atoms with van der Waals surface area (Å²) in [5.41, 5.74) is 2.51. The molecule has 0 fully saturated rings. The predicted octanol–water partition coefficient (Wildman–Crippen LogP) is 6.90. The number of thiazole rings is 1. The molecule has 2 N–H and O–H groups in total. The Balaban J connectivity index is 1.37. The van der Waals surface area contributed by atoms with E-state index in [1.165, 1.54) is 17.7 Å². The van der Waals surface area contributed by atoms with Crippen molar-refractivity contribution in [2.45, 2.75) is 0 Å². The smallest absolute Gasteiger partial charge is 0.334 e. The molecule has 0 aliphatic heterocycles. The fourth-order valence-corrected chi connectivity index (χ4v) is 3.98. The van der Waals surface area contributed by atoms with Gasteiger partial charge in [0.1, 0.15) is 6.33 Å². The Kier molecular flexibility index (Phi) is 5.82. The second-order valence-corrected chi connectivity index (χ2v) is 8.03. The quantitative estimate of drug-likeness (QED) is 0.151. The number of nitrogens with one attached hydrogen (secondary N) is 2. The average molecular weight is 469 g/mol. The highest BCUT2D eigenvalue weighted by Gasteiger charge is 2.24. The van der Waals surface area contributed by atoms with Gasteiger partial charge >= 0.3 is 5.69 Å². The highest BCUT2D eigenvalue weighted by molar-refractivity contribution is 7.22. The van der Waals surface area contributed by atoms with Gasteiger partial charge in [-0.15, -0.1) is 0 Å². The van der Waals surface area contributed by atoms with Crippen molar-refractivity contribution in [3.8, 4) is 0 Å². The van der Waals surface area contributed by atoms with Crippen LogP contribution in [0.3, 0.4) is 0 Å². The Morgan fingerprint density at radius 3 is 2.15 bits per heavy atom. The van der Waals surface area contributed by atoms with Crippen LogP contribution in [-0.2, 0) is 0 Å². The van der Waals surface area contributed by atoms with Gasteiger partial charge in [0, 0.05) is 5.69 Å². The number of azo groups is 1. The van der Waals surface area contributed by atoms with Crippen LogP contribution in [0.25, 0.3) is 10.2 Å². The van der Waals surface area contributed by atoms with Gasteiger partial charge in [-0.25, -0.2) is 15.0 Å². The summed E-state index contributed by atoms with van der Waals surface area (Å²) in [5, 5.41) is 26.7. The van der Waals surface area contributed by atoms with E-state index in [2.05, 4.69) is 35.8 Å². The molecule has 5 aromatic rings. The summed E-state index contributed by atoms with van der Waals surface area (Å²) < 4.78 is 0.963. The first kappa shape index (κ1) is 21.1. The lowest BCUT2D eigenvalue weighted by Crippen LogP contribution is -2.05. The summed E-state index contributed by atoms with van der Waals surface area (Å²) in [6.07, 6.45) is 1.26. The van der Waals surface area contributed by atoms with Crippen LogP contribution in [0.15, 0.2) is 95.4 Å². The van der Waals surface area contributed by atoms with Crippen LogP contribution >= 0.6 is 11.3 Å². The van der Waals surface area contributed by atoms with Gasteiger partial charge in [0.15, 0.2) is 5.13 Å². The number of rotatable bonds is 7. The molecule has 0 aliphatic carbocycles. The minimum Gasteiger partial charge on any atom is -0.334 e. The second-order valence-electron chi connectivity index (χ2n) is 7.00. The molecule has 11 heteroatoms. The third-order valence-corrected chi connectivity index (χ3v) is 5.64. The first-order valence-electron chi connectivity index (χ1n) is 10.1. The van der Waals surface area contributed by atoms with Gasteiger partial charge in [-0.2, -0.15) is 10.2 Å². The van der Waals surface area contributed by atoms with Gasteiger partial charge in [-0.3, -0.25) is 10.1 Å². The van der Waals surface area contributed by atoms with Crippen molar-refractivity contribution in [1.29, 1.82) is 0 Å². The monoisotopic (exact) mass is 468 g/mol. The maximum absolute atomic E-state index is 11.9. The van der Waals surface area contributed by atoms with Crippen molar-refractivity contribution in [2.75, 3.05) is 10.6 Å². The third kappa shape index (κ3) is 4.69. The zero-order valence-corrected chi connectivity index (χ0v) is 18.3. The van der Waals surface area contributed by atoms with E-state index >= 15 is 0 Å². The van der Waals surface area contributed by atoms with Crippen molar-refractivity contribution in [1.82, 2.24) is 15.0 Å². The van der Waals surface area contributed by atoms with Crippen molar-refractivity contribution >= 4 is 61.1 Å². The molecule has 0 saturated heterocycles. The summed E-state index contributed by atoms with van der Waals surface area (Å²) in [5.74, 6) is 0.108. The van der Waals surface area contributed by atoms with Crippen LogP contribution in [0.4, 0.5) is 39.5 Å². The maximum Gasteiger partial charge on any atom is 0.353 e. The lowest BCUT2D eigenvalue weighted by molar-refractivity contribution is -0.383. The number of nitro groups is 1. The zero-order chi connectivity index (χ0) is 23.3. The highest BCUT2D eigenvalue weighted by atomic mass is 32.1. The van der Waals surface area contributed by atoms with Crippen LogP contribution in [0.5, 0.6) is 0 Å². The molecular formula is C23H16N8O2S. The Morgan fingerprint density at radius 2 is 1.44 bits per heavy atom. The largest absolute Gasteiger partial charge is 0.353 e. The molecule has 0 amide bonds. The van der Waals surface area contributed by atoms with Crippen LogP contribution in [-0.4, -0.2) is 19.9 Å². The van der Waals surface area contributed by atoms with Gasteiger partial charge in [-0.1, -0.05) is 41.7 Å². The SMILES string of the molecule is O=[N+]([O-])c1c(Nc2ccc(N=Nc3ccccc3)cc2)ncnc1Nc1nc2ccccc2s1. The molecule has 166 valence electrons. The van der Waals surface area contributed by atoms with Crippen LogP contribution < -0.4 is 10.6 Å². The Morgan fingerprint density at radius 1 is 0.794 bits per heavy atom. The topological polar surface area (TPSA) is 131 Å². The molecule has 0 spiro atoms. The van der Waals surface area contributed by atoms with E-state index in [0.29, 0.717) is 16.5 Å². The average Bonchev–Trinajstić information content (AvgIpc) is 3.26.